The van der Waals surface area contributed by atoms with Crippen LogP contribution in [-0.4, -0.2) is 66.4 Å². The number of rotatable bonds is 8. The van der Waals surface area contributed by atoms with Crippen molar-refractivity contribution in [3.8, 4) is 0 Å². The second-order valence-electron chi connectivity index (χ2n) is 8.21. The smallest absolute Gasteiger partial charge is 0.251 e. The van der Waals surface area contributed by atoms with Gasteiger partial charge in [0.2, 0.25) is 11.8 Å². The first-order valence-corrected chi connectivity index (χ1v) is 10.5. The molecule has 1 atom stereocenters. The molecule has 158 valence electrons. The zero-order valence-corrected chi connectivity index (χ0v) is 17.4. The molecule has 2 saturated heterocycles. The van der Waals surface area contributed by atoms with Crippen LogP contribution in [0.4, 0.5) is 0 Å². The Kier molecular flexibility index (Phi) is 7.39. The van der Waals surface area contributed by atoms with Crippen LogP contribution >= 0.6 is 0 Å². The van der Waals surface area contributed by atoms with Crippen molar-refractivity contribution in [1.29, 1.82) is 0 Å². The van der Waals surface area contributed by atoms with Crippen LogP contribution in [0.1, 0.15) is 49.0 Å². The van der Waals surface area contributed by atoms with E-state index in [1.807, 2.05) is 0 Å². The maximum atomic E-state index is 12.6. The van der Waals surface area contributed by atoms with Gasteiger partial charge in [0.1, 0.15) is 0 Å². The van der Waals surface area contributed by atoms with Crippen molar-refractivity contribution in [2.24, 2.45) is 5.92 Å². The SMILES string of the molecule is CC(C)CC(CNC(=O)c1ccc(CN2C(=O)CCC2=O)cc1)N1CCOCC1. The molecule has 1 N–H and O–H groups in total. The largest absolute Gasteiger partial charge is 0.379 e. The molecular weight excluding hydrogens is 370 g/mol. The van der Waals surface area contributed by atoms with Crippen molar-refractivity contribution in [3.63, 3.8) is 0 Å². The Balaban J connectivity index is 1.55. The molecule has 0 bridgehead atoms. The van der Waals surface area contributed by atoms with Crippen LogP contribution in [0, 0.1) is 5.92 Å². The van der Waals surface area contributed by atoms with Gasteiger partial charge in [-0.25, -0.2) is 0 Å². The molecule has 0 aromatic heterocycles. The van der Waals surface area contributed by atoms with Gasteiger partial charge in [-0.15, -0.1) is 0 Å². The fraction of sp³-hybridized carbons (Fsp3) is 0.591. The lowest BCUT2D eigenvalue weighted by molar-refractivity contribution is -0.139. The van der Waals surface area contributed by atoms with Crippen molar-refractivity contribution >= 4 is 17.7 Å². The van der Waals surface area contributed by atoms with Gasteiger partial charge >= 0.3 is 0 Å². The Bertz CT molecular complexity index is 710. The summed E-state index contributed by atoms with van der Waals surface area (Å²) in [5.74, 6) is 0.189. The van der Waals surface area contributed by atoms with Crippen LogP contribution < -0.4 is 5.32 Å². The Morgan fingerprint density at radius 2 is 1.69 bits per heavy atom. The van der Waals surface area contributed by atoms with Crippen molar-refractivity contribution in [1.82, 2.24) is 15.1 Å². The van der Waals surface area contributed by atoms with E-state index < -0.39 is 0 Å². The number of carbonyl (C=O) groups excluding carboxylic acids is 3. The number of ether oxygens (including phenoxy) is 1. The zero-order valence-electron chi connectivity index (χ0n) is 17.4. The van der Waals surface area contributed by atoms with Crippen LogP contribution in [0.2, 0.25) is 0 Å². The summed E-state index contributed by atoms with van der Waals surface area (Å²) in [4.78, 5) is 39.8. The monoisotopic (exact) mass is 401 g/mol. The van der Waals surface area contributed by atoms with Crippen LogP contribution in [0.3, 0.4) is 0 Å². The Labute approximate surface area is 172 Å². The van der Waals surface area contributed by atoms with E-state index in [2.05, 4.69) is 24.1 Å². The van der Waals surface area contributed by atoms with E-state index in [-0.39, 0.29) is 24.3 Å². The van der Waals surface area contributed by atoms with Crippen molar-refractivity contribution in [3.05, 3.63) is 35.4 Å². The molecule has 2 heterocycles. The second-order valence-corrected chi connectivity index (χ2v) is 8.21. The van der Waals surface area contributed by atoms with E-state index in [1.54, 1.807) is 24.3 Å². The summed E-state index contributed by atoms with van der Waals surface area (Å²) in [6, 6.07) is 7.42. The molecule has 0 spiro atoms. The number of likely N-dealkylation sites (tertiary alicyclic amines) is 1. The van der Waals surface area contributed by atoms with Crippen LogP contribution in [-0.2, 0) is 20.9 Å². The highest BCUT2D eigenvalue weighted by Crippen LogP contribution is 2.17. The second kappa shape index (κ2) is 9.98. The number of imide groups is 1. The summed E-state index contributed by atoms with van der Waals surface area (Å²) in [5, 5.41) is 3.07. The lowest BCUT2D eigenvalue weighted by Gasteiger charge is -2.35. The lowest BCUT2D eigenvalue weighted by atomic mass is 10.0. The minimum absolute atomic E-state index is 0.105. The van der Waals surface area contributed by atoms with Gasteiger partial charge < -0.3 is 10.1 Å². The molecule has 0 saturated carbocycles. The first kappa shape index (κ1) is 21.5. The van der Waals surface area contributed by atoms with Gasteiger partial charge in [-0.1, -0.05) is 26.0 Å². The third-order valence-corrected chi connectivity index (χ3v) is 5.52. The minimum atomic E-state index is -0.129. The molecule has 1 aromatic carbocycles. The van der Waals surface area contributed by atoms with Crippen molar-refractivity contribution in [2.45, 2.75) is 45.7 Å². The van der Waals surface area contributed by atoms with Crippen molar-refractivity contribution < 1.29 is 19.1 Å². The number of carbonyl (C=O) groups is 3. The van der Waals surface area contributed by atoms with E-state index in [0.717, 1.165) is 38.3 Å². The molecule has 7 nitrogen and oxygen atoms in total. The number of nitrogens with zero attached hydrogens (tertiary/aromatic N) is 2. The average molecular weight is 402 g/mol. The van der Waals surface area contributed by atoms with E-state index in [0.29, 0.717) is 36.9 Å². The first-order valence-electron chi connectivity index (χ1n) is 10.5. The van der Waals surface area contributed by atoms with Gasteiger partial charge in [0.15, 0.2) is 0 Å². The number of hydrogen-bond donors (Lipinski definition) is 1. The van der Waals surface area contributed by atoms with Gasteiger partial charge in [0.05, 0.1) is 19.8 Å². The van der Waals surface area contributed by atoms with Crippen LogP contribution in [0.25, 0.3) is 0 Å². The van der Waals surface area contributed by atoms with Gasteiger partial charge in [-0.2, -0.15) is 0 Å². The highest BCUT2D eigenvalue weighted by Gasteiger charge is 2.28. The zero-order chi connectivity index (χ0) is 20.8. The topological polar surface area (TPSA) is 79.0 Å². The van der Waals surface area contributed by atoms with E-state index >= 15 is 0 Å². The standard InChI is InChI=1S/C22H31N3O4/c1-16(2)13-19(24-9-11-29-12-10-24)14-23-22(28)18-5-3-17(4-6-18)15-25-20(26)7-8-21(25)27/h3-6,16,19H,7-15H2,1-2H3,(H,23,28). The molecule has 2 fully saturated rings. The number of nitrogens with one attached hydrogen (secondary N) is 1. The molecular formula is C22H31N3O4. The minimum Gasteiger partial charge on any atom is -0.379 e. The predicted molar refractivity (Wildman–Crippen MR) is 109 cm³/mol. The highest BCUT2D eigenvalue weighted by molar-refractivity contribution is 6.01. The summed E-state index contributed by atoms with van der Waals surface area (Å²) in [6.07, 6.45) is 1.61. The first-order chi connectivity index (χ1) is 13.9. The Morgan fingerprint density at radius 3 is 2.28 bits per heavy atom. The van der Waals surface area contributed by atoms with E-state index in [4.69, 9.17) is 4.74 Å². The fourth-order valence-corrected chi connectivity index (χ4v) is 3.90. The molecule has 7 heteroatoms. The Hall–Kier alpha value is -2.25. The lowest BCUT2D eigenvalue weighted by Crippen LogP contribution is -2.49. The van der Waals surface area contributed by atoms with Crippen LogP contribution in [0.5, 0.6) is 0 Å². The quantitative estimate of drug-likeness (QED) is 0.672. The third kappa shape index (κ3) is 5.87. The number of benzene rings is 1. The molecule has 0 radical (unpaired) electrons. The average Bonchev–Trinajstić information content (AvgIpc) is 3.04. The van der Waals surface area contributed by atoms with Gasteiger partial charge in [0, 0.05) is 44.1 Å². The Morgan fingerprint density at radius 1 is 1.07 bits per heavy atom. The summed E-state index contributed by atoms with van der Waals surface area (Å²) in [6.45, 7) is 8.56. The number of amides is 3. The molecule has 1 aromatic rings. The third-order valence-electron chi connectivity index (χ3n) is 5.52. The van der Waals surface area contributed by atoms with Crippen LogP contribution in [0.15, 0.2) is 24.3 Å². The summed E-state index contributed by atoms with van der Waals surface area (Å²) >= 11 is 0. The van der Waals surface area contributed by atoms with Gasteiger partial charge in [0.25, 0.3) is 5.91 Å². The van der Waals surface area contributed by atoms with Gasteiger partial charge in [-0.05, 0) is 30.0 Å². The molecule has 1 unspecified atom stereocenters. The summed E-state index contributed by atoms with van der Waals surface area (Å²) in [7, 11) is 0. The highest BCUT2D eigenvalue weighted by atomic mass is 16.5. The summed E-state index contributed by atoms with van der Waals surface area (Å²) < 4.78 is 5.45. The van der Waals surface area contributed by atoms with E-state index in [9.17, 15) is 14.4 Å². The molecule has 29 heavy (non-hydrogen) atoms. The molecule has 2 aliphatic rings. The molecule has 3 rings (SSSR count). The molecule has 0 aliphatic carbocycles. The van der Waals surface area contributed by atoms with E-state index in [1.165, 1.54) is 4.90 Å². The fourth-order valence-electron chi connectivity index (χ4n) is 3.90. The molecule has 3 amide bonds. The summed E-state index contributed by atoms with van der Waals surface area (Å²) in [5.41, 5.74) is 1.43. The maximum absolute atomic E-state index is 12.6. The normalized spacial score (nSPS) is 19.1. The van der Waals surface area contributed by atoms with Gasteiger partial charge in [-0.3, -0.25) is 24.2 Å². The molecule has 2 aliphatic heterocycles. The predicted octanol–water partition coefficient (Wildman–Crippen LogP) is 1.81. The number of hydrogen-bond acceptors (Lipinski definition) is 5. The maximum Gasteiger partial charge on any atom is 0.251 e. The number of morpholine rings is 1. The van der Waals surface area contributed by atoms with Crippen molar-refractivity contribution in [2.75, 3.05) is 32.8 Å².